The van der Waals surface area contributed by atoms with Crippen molar-refractivity contribution in [3.8, 4) is 0 Å². The van der Waals surface area contributed by atoms with Crippen LogP contribution in [0.2, 0.25) is 0 Å². The van der Waals surface area contributed by atoms with Gasteiger partial charge >= 0.3 is 0 Å². The summed E-state index contributed by atoms with van der Waals surface area (Å²) in [4.78, 5) is 15.1. The minimum atomic E-state index is -0.318. The number of hydrogen-bond donors (Lipinski definition) is 3. The van der Waals surface area contributed by atoms with Crippen LogP contribution < -0.4 is 11.1 Å². The van der Waals surface area contributed by atoms with E-state index in [1.807, 2.05) is 0 Å². The summed E-state index contributed by atoms with van der Waals surface area (Å²) < 4.78 is 13.8. The fraction of sp³-hybridized carbons (Fsp3) is 0.0833. The maximum Gasteiger partial charge on any atom is 0.224 e. The Labute approximate surface area is 121 Å². The first-order valence-electron chi connectivity index (χ1n) is 5.74. The van der Waals surface area contributed by atoms with E-state index in [0.29, 0.717) is 27.1 Å². The van der Waals surface area contributed by atoms with Crippen molar-refractivity contribution < 1.29 is 4.39 Å². The van der Waals surface area contributed by atoms with Gasteiger partial charge in [-0.2, -0.15) is 9.97 Å². The summed E-state index contributed by atoms with van der Waals surface area (Å²) in [5, 5.41) is 3.11. The van der Waals surface area contributed by atoms with E-state index in [-0.39, 0.29) is 11.8 Å². The zero-order valence-corrected chi connectivity index (χ0v) is 12.0. The largest absolute Gasteiger partial charge is 0.368 e. The Balaban J connectivity index is 2.09. The van der Waals surface area contributed by atoms with Gasteiger partial charge < -0.3 is 16.0 Å². The number of anilines is 3. The van der Waals surface area contributed by atoms with Crippen molar-refractivity contribution in [2.75, 3.05) is 11.1 Å². The monoisotopic (exact) mass is 336 g/mol. The first-order chi connectivity index (χ1) is 9.54. The van der Waals surface area contributed by atoms with Gasteiger partial charge in [0, 0.05) is 5.69 Å². The number of nitrogens with zero attached hydrogens (tertiary/aromatic N) is 3. The third-order valence-electron chi connectivity index (χ3n) is 2.82. The average molecular weight is 337 g/mol. The maximum atomic E-state index is 13.4. The van der Waals surface area contributed by atoms with Crippen LogP contribution in [0, 0.1) is 12.7 Å². The predicted molar refractivity (Wildman–Crippen MR) is 78.2 cm³/mol. The smallest absolute Gasteiger partial charge is 0.224 e. The van der Waals surface area contributed by atoms with Gasteiger partial charge in [0.2, 0.25) is 5.95 Å². The number of aromatic nitrogens is 4. The summed E-state index contributed by atoms with van der Waals surface area (Å²) in [5.74, 6) is 0.291. The maximum absolute atomic E-state index is 13.4. The molecule has 1 aromatic carbocycles. The van der Waals surface area contributed by atoms with Gasteiger partial charge in [0.15, 0.2) is 11.5 Å². The van der Waals surface area contributed by atoms with Crippen LogP contribution in [0.15, 0.2) is 22.9 Å². The number of aryl methyl sites for hydroxylation is 1. The molecule has 0 atom stereocenters. The SMILES string of the molecule is Cc1cc(F)c(Br)cc1Nc1nc(N)nc2nc[nH]c12. The summed E-state index contributed by atoms with van der Waals surface area (Å²) >= 11 is 3.16. The van der Waals surface area contributed by atoms with Gasteiger partial charge in [0.05, 0.1) is 10.8 Å². The van der Waals surface area contributed by atoms with Crippen LogP contribution in [0.3, 0.4) is 0 Å². The summed E-state index contributed by atoms with van der Waals surface area (Å²) in [7, 11) is 0. The van der Waals surface area contributed by atoms with Crippen molar-refractivity contribution in [2.45, 2.75) is 6.92 Å². The number of rotatable bonds is 2. The number of fused-ring (bicyclic) bond motifs is 1. The first kappa shape index (κ1) is 12.8. The summed E-state index contributed by atoms with van der Waals surface area (Å²) in [6.07, 6.45) is 1.51. The van der Waals surface area contributed by atoms with Crippen molar-refractivity contribution in [3.63, 3.8) is 0 Å². The van der Waals surface area contributed by atoms with Crippen molar-refractivity contribution in [1.82, 2.24) is 19.9 Å². The Morgan fingerprint density at radius 3 is 2.95 bits per heavy atom. The molecule has 0 amide bonds. The van der Waals surface area contributed by atoms with Crippen molar-refractivity contribution in [1.29, 1.82) is 0 Å². The number of benzene rings is 1. The van der Waals surface area contributed by atoms with Crippen LogP contribution in [-0.4, -0.2) is 19.9 Å². The second-order valence-electron chi connectivity index (χ2n) is 4.24. The zero-order chi connectivity index (χ0) is 14.3. The van der Waals surface area contributed by atoms with E-state index < -0.39 is 0 Å². The lowest BCUT2D eigenvalue weighted by Gasteiger charge is -2.10. The van der Waals surface area contributed by atoms with Crippen LogP contribution in [0.25, 0.3) is 11.2 Å². The number of nitrogens with one attached hydrogen (secondary N) is 2. The molecule has 0 spiro atoms. The first-order valence-corrected chi connectivity index (χ1v) is 6.53. The highest BCUT2D eigenvalue weighted by Gasteiger charge is 2.11. The summed E-state index contributed by atoms with van der Waals surface area (Å²) in [6, 6.07) is 3.08. The van der Waals surface area contributed by atoms with Crippen LogP contribution in [0.4, 0.5) is 21.8 Å². The van der Waals surface area contributed by atoms with Gasteiger partial charge in [0.25, 0.3) is 0 Å². The fourth-order valence-electron chi connectivity index (χ4n) is 1.85. The van der Waals surface area contributed by atoms with Gasteiger partial charge in [-0.25, -0.2) is 9.37 Å². The second kappa shape index (κ2) is 4.71. The number of aromatic amines is 1. The van der Waals surface area contributed by atoms with Crippen LogP contribution >= 0.6 is 15.9 Å². The summed E-state index contributed by atoms with van der Waals surface area (Å²) in [6.45, 7) is 1.80. The molecule has 0 saturated heterocycles. The third kappa shape index (κ3) is 2.18. The van der Waals surface area contributed by atoms with Crippen molar-refractivity contribution >= 4 is 44.5 Å². The molecule has 3 rings (SSSR count). The number of H-pyrrole nitrogens is 1. The molecule has 0 bridgehead atoms. The molecule has 6 nitrogen and oxygen atoms in total. The molecule has 2 heterocycles. The molecule has 8 heteroatoms. The predicted octanol–water partition coefficient (Wildman–Crippen LogP) is 2.89. The average Bonchev–Trinajstić information content (AvgIpc) is 2.84. The van der Waals surface area contributed by atoms with Crippen molar-refractivity contribution in [3.05, 3.63) is 34.3 Å². The molecular formula is C12H10BrFN6. The Bertz CT molecular complexity index is 800. The van der Waals surface area contributed by atoms with E-state index in [9.17, 15) is 4.39 Å². The molecule has 0 aliphatic carbocycles. The van der Waals surface area contributed by atoms with Crippen molar-refractivity contribution in [2.24, 2.45) is 0 Å². The lowest BCUT2D eigenvalue weighted by Crippen LogP contribution is -2.02. The number of nitrogens with two attached hydrogens (primary N) is 1. The molecule has 102 valence electrons. The summed E-state index contributed by atoms with van der Waals surface area (Å²) in [5.41, 5.74) is 8.21. The molecule has 3 aromatic rings. The molecule has 4 N–H and O–H groups in total. The molecule has 0 radical (unpaired) electrons. The standard InChI is InChI=1S/C12H10BrFN6/c1-5-2-7(14)6(13)3-8(5)18-11-9-10(17-4-16-9)19-12(15)20-11/h2-4H,1H3,(H4,15,16,17,18,19,20). The number of halogens is 2. The zero-order valence-electron chi connectivity index (χ0n) is 10.4. The molecule has 0 fully saturated rings. The topological polar surface area (TPSA) is 92.5 Å². The Hall–Kier alpha value is -2.22. The van der Waals surface area contributed by atoms with E-state index in [1.54, 1.807) is 13.0 Å². The van der Waals surface area contributed by atoms with E-state index in [0.717, 1.165) is 5.56 Å². The van der Waals surface area contributed by atoms with Crippen LogP contribution in [0.1, 0.15) is 5.56 Å². The van der Waals surface area contributed by atoms with E-state index >= 15 is 0 Å². The lowest BCUT2D eigenvalue weighted by molar-refractivity contribution is 0.620. The fourth-order valence-corrected chi connectivity index (χ4v) is 2.19. The molecular weight excluding hydrogens is 327 g/mol. The van der Waals surface area contributed by atoms with E-state index in [4.69, 9.17) is 5.73 Å². The van der Waals surface area contributed by atoms with E-state index in [1.165, 1.54) is 12.4 Å². The number of imidazole rings is 1. The Kier molecular flexibility index (Phi) is 3.01. The molecule has 20 heavy (non-hydrogen) atoms. The van der Waals surface area contributed by atoms with Crippen LogP contribution in [0.5, 0.6) is 0 Å². The second-order valence-corrected chi connectivity index (χ2v) is 5.09. The molecule has 0 saturated carbocycles. The Morgan fingerprint density at radius 1 is 1.35 bits per heavy atom. The minimum Gasteiger partial charge on any atom is -0.368 e. The highest BCUT2D eigenvalue weighted by molar-refractivity contribution is 9.10. The quantitative estimate of drug-likeness (QED) is 0.669. The third-order valence-corrected chi connectivity index (χ3v) is 3.43. The molecule has 0 aliphatic rings. The highest BCUT2D eigenvalue weighted by atomic mass is 79.9. The van der Waals surface area contributed by atoms with Gasteiger partial charge in [0.1, 0.15) is 11.3 Å². The van der Waals surface area contributed by atoms with Gasteiger partial charge in [-0.1, -0.05) is 0 Å². The minimum absolute atomic E-state index is 0.117. The molecule has 0 aliphatic heterocycles. The van der Waals surface area contributed by atoms with Gasteiger partial charge in [-0.05, 0) is 40.5 Å². The molecule has 0 unspecified atom stereocenters. The highest BCUT2D eigenvalue weighted by Crippen LogP contribution is 2.28. The lowest BCUT2D eigenvalue weighted by atomic mass is 10.2. The van der Waals surface area contributed by atoms with E-state index in [2.05, 4.69) is 41.2 Å². The Morgan fingerprint density at radius 2 is 2.15 bits per heavy atom. The normalized spacial score (nSPS) is 10.9. The number of nitrogen functional groups attached to an aromatic ring is 1. The van der Waals surface area contributed by atoms with Gasteiger partial charge in [-0.3, -0.25) is 0 Å². The number of hydrogen-bond acceptors (Lipinski definition) is 5. The van der Waals surface area contributed by atoms with Crippen LogP contribution in [-0.2, 0) is 0 Å². The molecule has 2 aromatic heterocycles. The van der Waals surface area contributed by atoms with Gasteiger partial charge in [-0.15, -0.1) is 0 Å².